The molecule has 18 heteroatoms. The highest BCUT2D eigenvalue weighted by Crippen LogP contribution is 2.69. The maximum absolute atomic E-state index is 13.7. The molecular formula is C74H104N8O10. The van der Waals surface area contributed by atoms with Gasteiger partial charge in [0.2, 0.25) is 0 Å². The topological polar surface area (TPSA) is 232 Å². The summed E-state index contributed by atoms with van der Waals surface area (Å²) < 4.78 is 23.4. The molecule has 5 aromatic rings. The number of nitrogens with one attached hydrogen (secondary N) is 1. The third-order valence-electron chi connectivity index (χ3n) is 26.2. The summed E-state index contributed by atoms with van der Waals surface area (Å²) in [5.41, 5.74) is 5.01. The van der Waals surface area contributed by atoms with Crippen LogP contribution < -0.4 is 5.32 Å². The number of esters is 2. The Morgan fingerprint density at radius 3 is 1.75 bits per heavy atom. The molecule has 3 heterocycles. The van der Waals surface area contributed by atoms with Crippen LogP contribution in [0.3, 0.4) is 0 Å². The molecule has 3 N–H and O–H groups in total. The minimum absolute atomic E-state index is 0.0425. The number of rotatable bonds is 20. The van der Waals surface area contributed by atoms with Crippen LogP contribution in [-0.4, -0.2) is 99.1 Å². The van der Waals surface area contributed by atoms with E-state index >= 15 is 0 Å². The summed E-state index contributed by atoms with van der Waals surface area (Å²) in [7, 11) is 0. The van der Waals surface area contributed by atoms with Crippen molar-refractivity contribution in [1.82, 2.24) is 39.9 Å². The van der Waals surface area contributed by atoms with Crippen molar-refractivity contribution in [3.05, 3.63) is 48.8 Å². The zero-order chi connectivity index (χ0) is 65.2. The van der Waals surface area contributed by atoms with Gasteiger partial charge in [0.15, 0.2) is 0 Å². The van der Waals surface area contributed by atoms with E-state index in [1.54, 1.807) is 21.8 Å². The predicted octanol–water partition coefficient (Wildman–Crippen LogP) is 15.0. The summed E-state index contributed by atoms with van der Waals surface area (Å²) in [6.45, 7) is 23.1. The summed E-state index contributed by atoms with van der Waals surface area (Å²) in [6, 6.07) is 12.3. The Labute approximate surface area is 543 Å². The fourth-order valence-electron chi connectivity index (χ4n) is 21.1. The number of amides is 1. The van der Waals surface area contributed by atoms with Gasteiger partial charge in [0, 0.05) is 58.9 Å². The lowest BCUT2D eigenvalue weighted by Gasteiger charge is -2.61. The summed E-state index contributed by atoms with van der Waals surface area (Å²) in [5, 5.41) is 41.6. The standard InChI is InChI=1S/C74H104N8O10/c1-44(11-23-65(83)84)46(3)71(7)29-27-58-49(39-71)13-16-50-37-52(25-30-72(50,58)8)90-67(87)42-80-40-61(76-78-80)47-14-18-54-55-19-15-48(36-64(55)82(63(54)35-47)34-33-75-69(89)92-70(4,5)6)62-41-81(79-77-62)43-68(88)91-53-26-31-73(9)51(38-53)17-20-56-59-22-21-57(45(2)12-24-66(85)86)74(59,10)32-28-60(56)73/h14-15,18-19,35-36,40-41,44-46,49-53,56-60H,11-13,16-17,20-34,37-39,42-43H2,1-10H3,(H,75,89)(H,83,84)(H,85,86)/t44-,45-,46?,49+,50-,51?,52-,53-,56+,57?,58?,59+,60?,71?,72?,73?,74?/m1/s1. The van der Waals surface area contributed by atoms with Crippen LogP contribution in [0.25, 0.3) is 44.3 Å². The maximum atomic E-state index is 13.7. The van der Waals surface area contributed by atoms with Crippen LogP contribution in [0.15, 0.2) is 48.8 Å². The number of carboxylic acid groups (broad SMARTS) is 2. The number of carboxylic acids is 2. The van der Waals surface area contributed by atoms with Crippen LogP contribution in [0.5, 0.6) is 0 Å². The van der Waals surface area contributed by atoms with Crippen LogP contribution in [0.4, 0.5) is 4.79 Å². The average Bonchev–Trinajstić information content (AvgIpc) is 1.29. The van der Waals surface area contributed by atoms with E-state index in [1.165, 1.54) is 64.2 Å². The number of ether oxygens (including phenoxy) is 3. The molecule has 2 aromatic carbocycles. The number of carbonyl (C=O) groups excluding carboxylic acids is 3. The van der Waals surface area contributed by atoms with E-state index in [2.05, 4.69) is 103 Å². The van der Waals surface area contributed by atoms with Gasteiger partial charge in [-0.3, -0.25) is 19.2 Å². The molecule has 0 aliphatic heterocycles. The Balaban J connectivity index is 0.675. The number of fused-ring (bicyclic) bond motifs is 11. The summed E-state index contributed by atoms with van der Waals surface area (Å²) in [6.07, 6.45) is 23.8. The number of nitrogens with zero attached hydrogens (tertiary/aromatic N) is 7. The first kappa shape index (κ1) is 65.7. The minimum atomic E-state index is -0.708. The number of alkyl carbamates (subject to hydrolysis) is 1. The van der Waals surface area contributed by atoms with Crippen LogP contribution in [-0.2, 0) is 53.0 Å². The number of aromatic nitrogens is 7. The fourth-order valence-corrected chi connectivity index (χ4v) is 21.1. The van der Waals surface area contributed by atoms with Gasteiger partial charge in [0.25, 0.3) is 0 Å². The molecular weight excluding hydrogens is 1160 g/mol. The number of hydrogen-bond donors (Lipinski definition) is 3. The molecule has 7 fully saturated rings. The normalized spacial score (nSPS) is 32.8. The highest BCUT2D eigenvalue weighted by atomic mass is 16.6. The van der Waals surface area contributed by atoms with Gasteiger partial charge in [-0.05, 0) is 242 Å². The first-order valence-electron chi connectivity index (χ1n) is 35.4. The van der Waals surface area contributed by atoms with Crippen molar-refractivity contribution in [2.45, 2.75) is 242 Å². The molecule has 9 unspecified atom stereocenters. The van der Waals surface area contributed by atoms with E-state index in [1.807, 2.05) is 32.9 Å². The zero-order valence-electron chi connectivity index (χ0n) is 56.6. The smallest absolute Gasteiger partial charge is 0.407 e. The molecule has 17 atom stereocenters. The number of carbonyl (C=O) groups is 5. The SMILES string of the molecule is CC([C@H](C)CCC(=O)O)C1(C)CCC2[C@@H](CC[C@@H]3C[C@H](OC(=O)Cn4cc(-c5ccc6c7ccc(-c8cn(CC(=O)O[C@@H]9CCC%10(C)C(CC[C@@H]%11C%10CCC%10(C)C([C@H](C)CCC(=O)O)CC[C@@H]%11%10)C9)nn8)cc7n(CCNC(=O)OC(C)(C)C)c6c5)nn4)CCC23C)C1. The summed E-state index contributed by atoms with van der Waals surface area (Å²) >= 11 is 0. The second-order valence-corrected chi connectivity index (χ2v) is 32.5. The van der Waals surface area contributed by atoms with Crippen molar-refractivity contribution in [1.29, 1.82) is 0 Å². The lowest BCUT2D eigenvalue weighted by atomic mass is 9.44. The van der Waals surface area contributed by atoms with Crippen molar-refractivity contribution in [3.8, 4) is 22.5 Å². The Kier molecular flexibility index (Phi) is 18.4. The Bertz CT molecular complexity index is 3550. The van der Waals surface area contributed by atoms with Gasteiger partial charge in [-0.1, -0.05) is 83.2 Å². The monoisotopic (exact) mass is 1260 g/mol. The lowest BCUT2D eigenvalue weighted by Crippen LogP contribution is -2.54. The Morgan fingerprint density at radius 2 is 1.17 bits per heavy atom. The van der Waals surface area contributed by atoms with Crippen molar-refractivity contribution >= 4 is 51.8 Å². The number of aliphatic carboxylic acids is 2. The average molecular weight is 1270 g/mol. The van der Waals surface area contributed by atoms with Gasteiger partial charge < -0.3 is 34.3 Å². The van der Waals surface area contributed by atoms with E-state index in [9.17, 15) is 34.2 Å². The van der Waals surface area contributed by atoms with Crippen molar-refractivity contribution < 1.29 is 48.4 Å². The van der Waals surface area contributed by atoms with Gasteiger partial charge in [0.05, 0.1) is 12.4 Å². The molecule has 0 radical (unpaired) electrons. The van der Waals surface area contributed by atoms with Crippen molar-refractivity contribution in [2.75, 3.05) is 6.54 Å². The molecule has 500 valence electrons. The Hall–Kier alpha value is -6.33. The molecule has 3 aromatic heterocycles. The Morgan fingerprint density at radius 1 is 0.641 bits per heavy atom. The van der Waals surface area contributed by atoms with Crippen molar-refractivity contribution in [3.63, 3.8) is 0 Å². The molecule has 7 aliphatic carbocycles. The molecule has 0 saturated heterocycles. The highest BCUT2D eigenvalue weighted by molar-refractivity contribution is 6.10. The first-order valence-corrected chi connectivity index (χ1v) is 35.4. The third-order valence-corrected chi connectivity index (χ3v) is 26.2. The molecule has 92 heavy (non-hydrogen) atoms. The maximum Gasteiger partial charge on any atom is 0.407 e. The molecule has 1 amide bonds. The summed E-state index contributed by atoms with van der Waals surface area (Å²) in [5.74, 6) is 4.35. The number of benzene rings is 2. The van der Waals surface area contributed by atoms with E-state index in [0.29, 0.717) is 89.1 Å². The van der Waals surface area contributed by atoms with Crippen LogP contribution in [0.2, 0.25) is 0 Å². The second kappa shape index (κ2) is 25.8. The molecule has 18 nitrogen and oxygen atoms in total. The van der Waals surface area contributed by atoms with Crippen LogP contribution in [0.1, 0.15) is 204 Å². The molecule has 0 spiro atoms. The van der Waals surface area contributed by atoms with Gasteiger partial charge in [-0.15, -0.1) is 10.2 Å². The van der Waals surface area contributed by atoms with Gasteiger partial charge >= 0.3 is 30.0 Å². The van der Waals surface area contributed by atoms with Crippen LogP contribution in [0, 0.1) is 86.8 Å². The molecule has 12 rings (SSSR count). The van der Waals surface area contributed by atoms with Gasteiger partial charge in [-0.2, -0.15) is 0 Å². The quantitative estimate of drug-likeness (QED) is 0.0486. The lowest BCUT2D eigenvalue weighted by molar-refractivity contribution is -0.163. The molecule has 0 bridgehead atoms. The predicted molar refractivity (Wildman–Crippen MR) is 352 cm³/mol. The van der Waals surface area contributed by atoms with E-state index in [4.69, 9.17) is 14.2 Å². The minimum Gasteiger partial charge on any atom is -0.481 e. The third kappa shape index (κ3) is 13.1. The molecule has 7 saturated carbocycles. The largest absolute Gasteiger partial charge is 0.481 e. The van der Waals surface area contributed by atoms with E-state index in [-0.39, 0.29) is 66.3 Å². The molecule has 7 aliphatic rings. The highest BCUT2D eigenvalue weighted by Gasteiger charge is 2.61. The summed E-state index contributed by atoms with van der Waals surface area (Å²) in [4.78, 5) is 63.1. The van der Waals surface area contributed by atoms with E-state index in [0.717, 1.165) is 96.6 Å². The van der Waals surface area contributed by atoms with Gasteiger partial charge in [0.1, 0.15) is 42.3 Å². The zero-order valence-corrected chi connectivity index (χ0v) is 56.6. The van der Waals surface area contributed by atoms with E-state index < -0.39 is 23.6 Å². The van der Waals surface area contributed by atoms with Crippen molar-refractivity contribution in [2.24, 2.45) is 86.8 Å². The van der Waals surface area contributed by atoms with Gasteiger partial charge in [-0.25, -0.2) is 14.2 Å². The first-order chi connectivity index (χ1) is 43.7. The van der Waals surface area contributed by atoms with Crippen LogP contribution >= 0.6 is 0 Å². The fraction of sp³-hybridized carbons (Fsp3) is 0.716. The second-order valence-electron chi connectivity index (χ2n) is 32.5. The number of hydrogen-bond acceptors (Lipinski definition) is 12.